The zero-order valence-electron chi connectivity index (χ0n) is 8.62. The van der Waals surface area contributed by atoms with Crippen molar-refractivity contribution >= 4 is 16.9 Å². The first-order valence-corrected chi connectivity index (χ1v) is 5.72. The van der Waals surface area contributed by atoms with Crippen LogP contribution in [0.5, 0.6) is 0 Å². The molecular weight excluding hydrogens is 196 g/mol. The zero-order chi connectivity index (χ0) is 10.6. The lowest BCUT2D eigenvalue weighted by Crippen LogP contribution is -2.16. The van der Waals surface area contributed by atoms with Crippen molar-refractivity contribution in [2.24, 2.45) is 0 Å². The molecule has 2 nitrogen and oxygen atoms in total. The third kappa shape index (κ3) is 2.64. The average Bonchev–Trinajstić information content (AvgIpc) is 2.36. The number of rotatable bonds is 4. The molecule has 0 saturated heterocycles. The minimum absolute atomic E-state index is 0.0647. The predicted octanol–water partition coefficient (Wildman–Crippen LogP) is 3.21. The first-order chi connectivity index (χ1) is 6.58. The smallest absolute Gasteiger partial charge is 0.216 e. The van der Waals surface area contributed by atoms with Gasteiger partial charge in [0.25, 0.3) is 0 Å². The van der Waals surface area contributed by atoms with E-state index in [1.165, 1.54) is 17.8 Å². The Morgan fingerprint density at radius 3 is 2.86 bits per heavy atom. The van der Waals surface area contributed by atoms with E-state index in [2.05, 4.69) is 6.92 Å². The fourth-order valence-electron chi connectivity index (χ4n) is 1.30. The van der Waals surface area contributed by atoms with Crippen molar-refractivity contribution in [3.8, 4) is 0 Å². The van der Waals surface area contributed by atoms with Crippen LogP contribution in [0.25, 0.3) is 0 Å². The molecule has 1 aliphatic heterocycles. The topological polar surface area (TPSA) is 37.3 Å². The van der Waals surface area contributed by atoms with Gasteiger partial charge in [-0.3, -0.25) is 4.79 Å². The average molecular weight is 212 g/mol. The van der Waals surface area contributed by atoms with Crippen LogP contribution < -0.4 is 0 Å². The summed E-state index contributed by atoms with van der Waals surface area (Å²) in [6.45, 7) is 4.00. The van der Waals surface area contributed by atoms with Crippen LogP contribution in [-0.2, 0) is 4.79 Å². The first-order valence-electron chi connectivity index (χ1n) is 4.90. The molecule has 0 aromatic heterocycles. The molecule has 0 fully saturated rings. The molecule has 1 N–H and O–H groups in total. The van der Waals surface area contributed by atoms with Gasteiger partial charge in [0.2, 0.25) is 5.12 Å². The van der Waals surface area contributed by atoms with Crippen molar-refractivity contribution in [1.82, 2.24) is 0 Å². The van der Waals surface area contributed by atoms with E-state index < -0.39 is 4.75 Å². The van der Waals surface area contributed by atoms with Crippen LogP contribution in [-0.4, -0.2) is 15.0 Å². The highest BCUT2D eigenvalue weighted by Crippen LogP contribution is 2.39. The molecule has 1 aliphatic rings. The van der Waals surface area contributed by atoms with Crippen LogP contribution in [0.1, 0.15) is 33.1 Å². The van der Waals surface area contributed by atoms with Gasteiger partial charge in [-0.1, -0.05) is 43.7 Å². The fraction of sp³-hybridized carbons (Fsp3) is 0.545. The maximum absolute atomic E-state index is 11.1. The molecule has 0 radical (unpaired) electrons. The number of unbranched alkanes of at least 4 members (excludes halogenated alkanes) is 2. The second-order valence-electron chi connectivity index (χ2n) is 3.60. The number of aliphatic hydroxyl groups excluding tert-OH is 1. The van der Waals surface area contributed by atoms with Gasteiger partial charge in [-0.25, -0.2) is 0 Å². The van der Waals surface area contributed by atoms with Crippen LogP contribution >= 0.6 is 11.8 Å². The third-order valence-electron chi connectivity index (χ3n) is 2.24. The maximum atomic E-state index is 11.1. The summed E-state index contributed by atoms with van der Waals surface area (Å²) >= 11 is 1.17. The van der Waals surface area contributed by atoms with Crippen molar-refractivity contribution in [3.63, 3.8) is 0 Å². The Hall–Kier alpha value is -0.700. The third-order valence-corrected chi connectivity index (χ3v) is 3.32. The lowest BCUT2D eigenvalue weighted by Gasteiger charge is -2.17. The quantitative estimate of drug-likeness (QED) is 0.574. The first kappa shape index (κ1) is 11.4. The molecule has 14 heavy (non-hydrogen) atoms. The minimum atomic E-state index is -0.523. The molecule has 78 valence electrons. The largest absolute Gasteiger partial charge is 0.510 e. The number of hydrogen-bond donors (Lipinski definition) is 1. The zero-order valence-corrected chi connectivity index (χ0v) is 9.43. The van der Waals surface area contributed by atoms with E-state index >= 15 is 0 Å². The highest BCUT2D eigenvalue weighted by molar-refractivity contribution is 8.15. The van der Waals surface area contributed by atoms with Crippen LogP contribution in [0, 0.1) is 0 Å². The van der Waals surface area contributed by atoms with Crippen LogP contribution in [0.2, 0.25) is 0 Å². The van der Waals surface area contributed by atoms with Crippen LogP contribution in [0.15, 0.2) is 24.0 Å². The van der Waals surface area contributed by atoms with Crippen molar-refractivity contribution in [1.29, 1.82) is 0 Å². The summed E-state index contributed by atoms with van der Waals surface area (Å²) in [6, 6.07) is 0. The van der Waals surface area contributed by atoms with E-state index in [9.17, 15) is 9.90 Å². The van der Waals surface area contributed by atoms with Crippen LogP contribution in [0.3, 0.4) is 0 Å². The van der Waals surface area contributed by atoms with Crippen molar-refractivity contribution in [3.05, 3.63) is 24.0 Å². The normalized spacial score (nSPS) is 27.3. The lowest BCUT2D eigenvalue weighted by atomic mass is 10.1. The SMILES string of the molecule is CCCCC=C[C@@]1(C)SC(=O)C=C1O. The highest BCUT2D eigenvalue weighted by Gasteiger charge is 2.35. The van der Waals surface area contributed by atoms with Gasteiger partial charge in [-0.2, -0.15) is 0 Å². The molecule has 3 heteroatoms. The Labute approximate surface area is 89.1 Å². The molecule has 1 atom stereocenters. The van der Waals surface area contributed by atoms with Gasteiger partial charge in [0.05, 0.1) is 4.75 Å². The number of thioether (sulfide) groups is 1. The molecular formula is C11H16O2S. The second-order valence-corrected chi connectivity index (χ2v) is 5.06. The summed E-state index contributed by atoms with van der Waals surface area (Å²) in [5.41, 5.74) is 0. The Morgan fingerprint density at radius 2 is 2.36 bits per heavy atom. The van der Waals surface area contributed by atoms with Gasteiger partial charge in [0.1, 0.15) is 5.76 Å². The Bertz CT molecular complexity index is 281. The number of aliphatic hydroxyl groups is 1. The summed E-state index contributed by atoms with van der Waals surface area (Å²) < 4.78 is -0.523. The predicted molar refractivity (Wildman–Crippen MR) is 60.4 cm³/mol. The van der Waals surface area contributed by atoms with E-state index in [1.54, 1.807) is 0 Å². The molecule has 0 unspecified atom stereocenters. The van der Waals surface area contributed by atoms with E-state index in [0.29, 0.717) is 0 Å². The van der Waals surface area contributed by atoms with Crippen molar-refractivity contribution in [2.75, 3.05) is 0 Å². The van der Waals surface area contributed by atoms with Crippen LogP contribution in [0.4, 0.5) is 0 Å². The minimum Gasteiger partial charge on any atom is -0.510 e. The lowest BCUT2D eigenvalue weighted by molar-refractivity contribution is -0.106. The Balaban J connectivity index is 2.55. The molecule has 0 saturated carbocycles. The van der Waals surface area contributed by atoms with E-state index in [-0.39, 0.29) is 10.9 Å². The maximum Gasteiger partial charge on any atom is 0.216 e. The molecule has 1 heterocycles. The van der Waals surface area contributed by atoms with Gasteiger partial charge in [0.15, 0.2) is 0 Å². The monoisotopic (exact) mass is 212 g/mol. The van der Waals surface area contributed by atoms with Crippen molar-refractivity contribution in [2.45, 2.75) is 37.9 Å². The second kappa shape index (κ2) is 4.69. The molecule has 1 rings (SSSR count). The Kier molecular flexibility index (Phi) is 3.81. The molecule has 0 bridgehead atoms. The summed E-state index contributed by atoms with van der Waals surface area (Å²) in [5.74, 6) is 0.167. The van der Waals surface area contributed by atoms with Crippen molar-refractivity contribution < 1.29 is 9.90 Å². The molecule has 0 spiro atoms. The summed E-state index contributed by atoms with van der Waals surface area (Å²) in [6.07, 6.45) is 8.58. The number of hydrogen-bond acceptors (Lipinski definition) is 3. The summed E-state index contributed by atoms with van der Waals surface area (Å²) in [4.78, 5) is 11.1. The van der Waals surface area contributed by atoms with Gasteiger partial charge in [0, 0.05) is 6.08 Å². The molecule has 0 aliphatic carbocycles. The Morgan fingerprint density at radius 1 is 1.64 bits per heavy atom. The highest BCUT2D eigenvalue weighted by atomic mass is 32.2. The number of carbonyl (C=O) groups excluding carboxylic acids is 1. The molecule has 0 amide bonds. The number of allylic oxidation sites excluding steroid dienone is 1. The van der Waals surface area contributed by atoms with Gasteiger partial charge in [-0.15, -0.1) is 0 Å². The van der Waals surface area contributed by atoms with E-state index in [1.807, 2.05) is 19.1 Å². The summed E-state index contributed by atoms with van der Waals surface area (Å²) in [5, 5.41) is 9.48. The fourth-order valence-corrected chi connectivity index (χ4v) is 2.21. The molecule has 0 aromatic rings. The molecule has 0 aromatic carbocycles. The summed E-state index contributed by atoms with van der Waals surface area (Å²) in [7, 11) is 0. The number of carbonyl (C=O) groups is 1. The van der Waals surface area contributed by atoms with Gasteiger partial charge < -0.3 is 5.11 Å². The van der Waals surface area contributed by atoms with Gasteiger partial charge >= 0.3 is 0 Å². The van der Waals surface area contributed by atoms with Gasteiger partial charge in [-0.05, 0) is 13.3 Å². The van der Waals surface area contributed by atoms with E-state index in [4.69, 9.17) is 0 Å². The van der Waals surface area contributed by atoms with E-state index in [0.717, 1.165) is 19.3 Å². The standard InChI is InChI=1S/C11H16O2S/c1-3-4-5-6-7-11(2)9(12)8-10(13)14-11/h6-8,12H,3-5H2,1-2H3/t11-/m1/s1.